The SMILES string of the molecule is CCn1cnnc1[C@@H]1CCCN(C[C@H](C)O)C1. The lowest BCUT2D eigenvalue weighted by Gasteiger charge is -2.32. The largest absolute Gasteiger partial charge is 0.392 e. The van der Waals surface area contributed by atoms with Crippen LogP contribution in [0.1, 0.15) is 38.4 Å². The number of aliphatic hydroxyl groups excluding tert-OH is 1. The fourth-order valence-corrected chi connectivity index (χ4v) is 2.63. The summed E-state index contributed by atoms with van der Waals surface area (Å²) in [6.07, 6.45) is 3.91. The van der Waals surface area contributed by atoms with Gasteiger partial charge in [0.1, 0.15) is 12.2 Å². The Kier molecular flexibility index (Phi) is 4.12. The van der Waals surface area contributed by atoms with Gasteiger partial charge in [-0.3, -0.25) is 0 Å². The Bertz CT molecular complexity index is 350. The number of rotatable bonds is 4. The molecule has 0 saturated carbocycles. The van der Waals surface area contributed by atoms with Gasteiger partial charge in [0.05, 0.1) is 6.10 Å². The molecule has 1 fully saturated rings. The van der Waals surface area contributed by atoms with Gasteiger partial charge >= 0.3 is 0 Å². The molecule has 0 bridgehead atoms. The van der Waals surface area contributed by atoms with Crippen molar-refractivity contribution in [2.45, 2.75) is 45.3 Å². The fraction of sp³-hybridized carbons (Fsp3) is 0.833. The minimum absolute atomic E-state index is 0.252. The average Bonchev–Trinajstić information content (AvgIpc) is 2.76. The second-order valence-electron chi connectivity index (χ2n) is 4.92. The van der Waals surface area contributed by atoms with Crippen LogP contribution < -0.4 is 0 Å². The zero-order valence-corrected chi connectivity index (χ0v) is 10.7. The Morgan fingerprint density at radius 2 is 2.41 bits per heavy atom. The zero-order valence-electron chi connectivity index (χ0n) is 10.7. The van der Waals surface area contributed by atoms with Crippen LogP contribution >= 0.6 is 0 Å². The summed E-state index contributed by atoms with van der Waals surface area (Å²) < 4.78 is 2.12. The van der Waals surface area contributed by atoms with Crippen LogP contribution in [-0.4, -0.2) is 50.5 Å². The molecule has 96 valence electrons. The molecule has 0 aliphatic carbocycles. The van der Waals surface area contributed by atoms with Gasteiger partial charge in [0.25, 0.3) is 0 Å². The van der Waals surface area contributed by atoms with Crippen molar-refractivity contribution in [2.75, 3.05) is 19.6 Å². The molecule has 0 aromatic carbocycles. The standard InChI is InChI=1S/C12H22N4O/c1-3-16-9-13-14-12(16)11-5-4-6-15(8-11)7-10(2)17/h9-11,17H,3-8H2,1-2H3/t10-,11+/m0/s1. The van der Waals surface area contributed by atoms with E-state index in [2.05, 4.69) is 26.6 Å². The van der Waals surface area contributed by atoms with Crippen LogP contribution in [-0.2, 0) is 6.54 Å². The molecule has 5 heteroatoms. The summed E-state index contributed by atoms with van der Waals surface area (Å²) >= 11 is 0. The summed E-state index contributed by atoms with van der Waals surface area (Å²) in [5.41, 5.74) is 0. The number of nitrogens with zero attached hydrogens (tertiary/aromatic N) is 4. The molecule has 0 unspecified atom stereocenters. The van der Waals surface area contributed by atoms with Crippen LogP contribution in [0.5, 0.6) is 0 Å². The topological polar surface area (TPSA) is 54.2 Å². The molecule has 2 atom stereocenters. The van der Waals surface area contributed by atoms with Crippen molar-refractivity contribution in [1.82, 2.24) is 19.7 Å². The molecule has 0 spiro atoms. The highest BCUT2D eigenvalue weighted by Crippen LogP contribution is 2.25. The van der Waals surface area contributed by atoms with Gasteiger partial charge in [0, 0.05) is 25.6 Å². The lowest BCUT2D eigenvalue weighted by molar-refractivity contribution is 0.105. The maximum atomic E-state index is 9.45. The molecular formula is C12H22N4O. The smallest absolute Gasteiger partial charge is 0.137 e. The van der Waals surface area contributed by atoms with E-state index in [-0.39, 0.29) is 6.10 Å². The third kappa shape index (κ3) is 3.04. The number of hydrogen-bond acceptors (Lipinski definition) is 4. The maximum Gasteiger partial charge on any atom is 0.137 e. The molecule has 2 heterocycles. The number of likely N-dealkylation sites (tertiary alicyclic amines) is 1. The van der Waals surface area contributed by atoms with Crippen molar-refractivity contribution in [3.05, 3.63) is 12.2 Å². The normalized spacial score (nSPS) is 23.8. The van der Waals surface area contributed by atoms with Crippen molar-refractivity contribution < 1.29 is 5.11 Å². The van der Waals surface area contributed by atoms with Crippen LogP contribution in [0.2, 0.25) is 0 Å². The van der Waals surface area contributed by atoms with E-state index in [9.17, 15) is 5.11 Å². The number of β-amino-alcohol motifs (C(OH)–C–C–N with tert-alkyl or cyclic N) is 1. The van der Waals surface area contributed by atoms with Crippen LogP contribution in [0.25, 0.3) is 0 Å². The number of piperidine rings is 1. The molecule has 0 amide bonds. The Labute approximate surface area is 102 Å². The molecule has 1 aliphatic rings. The number of aliphatic hydroxyl groups is 1. The molecule has 1 N–H and O–H groups in total. The van der Waals surface area contributed by atoms with Crippen molar-refractivity contribution in [2.24, 2.45) is 0 Å². The van der Waals surface area contributed by atoms with Crippen LogP contribution in [0.4, 0.5) is 0 Å². The monoisotopic (exact) mass is 238 g/mol. The maximum absolute atomic E-state index is 9.45. The quantitative estimate of drug-likeness (QED) is 0.845. The summed E-state index contributed by atoms with van der Waals surface area (Å²) in [4.78, 5) is 2.33. The van der Waals surface area contributed by atoms with Crippen molar-refractivity contribution in [3.8, 4) is 0 Å². The van der Waals surface area contributed by atoms with Crippen LogP contribution in [0, 0.1) is 0 Å². The number of aromatic nitrogens is 3. The van der Waals surface area contributed by atoms with Gasteiger partial charge in [0.2, 0.25) is 0 Å². The van der Waals surface area contributed by atoms with E-state index >= 15 is 0 Å². The number of aryl methyl sites for hydroxylation is 1. The highest BCUT2D eigenvalue weighted by Gasteiger charge is 2.25. The third-order valence-electron chi connectivity index (χ3n) is 3.38. The van der Waals surface area contributed by atoms with Gasteiger partial charge in [-0.25, -0.2) is 0 Å². The fourth-order valence-electron chi connectivity index (χ4n) is 2.63. The van der Waals surface area contributed by atoms with Gasteiger partial charge in [-0.15, -0.1) is 10.2 Å². The summed E-state index contributed by atoms with van der Waals surface area (Å²) in [7, 11) is 0. The minimum atomic E-state index is -0.252. The van der Waals surface area contributed by atoms with Crippen molar-refractivity contribution >= 4 is 0 Å². The van der Waals surface area contributed by atoms with Gasteiger partial charge < -0.3 is 14.6 Å². The van der Waals surface area contributed by atoms with Crippen LogP contribution in [0.15, 0.2) is 6.33 Å². The molecule has 2 rings (SSSR count). The predicted molar refractivity (Wildman–Crippen MR) is 65.8 cm³/mol. The first-order valence-corrected chi connectivity index (χ1v) is 6.48. The Morgan fingerprint density at radius 3 is 3.12 bits per heavy atom. The highest BCUT2D eigenvalue weighted by atomic mass is 16.3. The molecular weight excluding hydrogens is 216 g/mol. The van der Waals surface area contributed by atoms with E-state index in [0.717, 1.165) is 32.0 Å². The molecule has 1 aliphatic heterocycles. The van der Waals surface area contributed by atoms with E-state index in [4.69, 9.17) is 0 Å². The third-order valence-corrected chi connectivity index (χ3v) is 3.38. The highest BCUT2D eigenvalue weighted by molar-refractivity contribution is 4.99. The van der Waals surface area contributed by atoms with E-state index in [1.54, 1.807) is 0 Å². The summed E-state index contributed by atoms with van der Waals surface area (Å²) in [6.45, 7) is 7.72. The first kappa shape index (κ1) is 12.5. The molecule has 5 nitrogen and oxygen atoms in total. The Hall–Kier alpha value is -0.940. The van der Waals surface area contributed by atoms with E-state index < -0.39 is 0 Å². The van der Waals surface area contributed by atoms with Gasteiger partial charge in [-0.1, -0.05) is 0 Å². The lowest BCUT2D eigenvalue weighted by Crippen LogP contribution is -2.39. The number of hydrogen-bond donors (Lipinski definition) is 1. The van der Waals surface area contributed by atoms with Gasteiger partial charge in [-0.2, -0.15) is 0 Å². The summed E-state index contributed by atoms with van der Waals surface area (Å²) in [5.74, 6) is 1.56. The Balaban J connectivity index is 2.02. The Morgan fingerprint density at radius 1 is 1.59 bits per heavy atom. The van der Waals surface area contributed by atoms with Gasteiger partial charge in [0.15, 0.2) is 0 Å². The second-order valence-corrected chi connectivity index (χ2v) is 4.92. The molecule has 1 aromatic heterocycles. The summed E-state index contributed by atoms with van der Waals surface area (Å²) in [6, 6.07) is 0. The van der Waals surface area contributed by atoms with Crippen molar-refractivity contribution in [1.29, 1.82) is 0 Å². The van der Waals surface area contributed by atoms with E-state index in [0.29, 0.717) is 5.92 Å². The van der Waals surface area contributed by atoms with Gasteiger partial charge in [-0.05, 0) is 33.2 Å². The molecule has 1 aromatic rings. The minimum Gasteiger partial charge on any atom is -0.392 e. The lowest BCUT2D eigenvalue weighted by atomic mass is 9.97. The first-order valence-electron chi connectivity index (χ1n) is 6.48. The molecule has 0 radical (unpaired) electrons. The summed E-state index contributed by atoms with van der Waals surface area (Å²) in [5, 5.41) is 17.7. The predicted octanol–water partition coefficient (Wildman–Crippen LogP) is 0.858. The van der Waals surface area contributed by atoms with E-state index in [1.807, 2.05) is 13.3 Å². The van der Waals surface area contributed by atoms with Crippen molar-refractivity contribution in [3.63, 3.8) is 0 Å². The molecule has 17 heavy (non-hydrogen) atoms. The van der Waals surface area contributed by atoms with Crippen LogP contribution in [0.3, 0.4) is 0 Å². The molecule has 1 saturated heterocycles. The zero-order chi connectivity index (χ0) is 12.3. The average molecular weight is 238 g/mol. The van der Waals surface area contributed by atoms with E-state index in [1.165, 1.54) is 12.8 Å². The second kappa shape index (κ2) is 5.60. The first-order chi connectivity index (χ1) is 8.20.